The molecule has 2 heterocycles. The van der Waals surface area contributed by atoms with Crippen molar-refractivity contribution in [1.29, 1.82) is 0 Å². The summed E-state index contributed by atoms with van der Waals surface area (Å²) in [7, 11) is -0.482. The normalized spacial score (nSPS) is 36.1. The fraction of sp³-hybridized carbons (Fsp3) is 0.591. The quantitative estimate of drug-likeness (QED) is 0.545. The highest BCUT2D eigenvalue weighted by Crippen LogP contribution is 2.65. The molecule has 6 rings (SSSR count). The molecule has 1 aromatic rings. The minimum atomic E-state index is -1.16. The molecule has 0 radical (unpaired) electrons. The predicted octanol–water partition coefficient (Wildman–Crippen LogP) is 4.39. The molecule has 154 valence electrons. The van der Waals surface area contributed by atoms with Crippen molar-refractivity contribution in [2.75, 3.05) is 0 Å². The largest absolute Gasteiger partial charge is 0.486 e. The van der Waals surface area contributed by atoms with Crippen LogP contribution < -0.4 is 4.74 Å². The molecule has 4 atom stereocenters. The smallest absolute Gasteiger partial charge is 0.451 e. The Bertz CT molecular complexity index is 926. The van der Waals surface area contributed by atoms with Crippen LogP contribution in [0, 0.1) is 23.1 Å². The zero-order valence-electron chi connectivity index (χ0n) is 17.5. The topological polar surface area (TPSA) is 54.0 Å². The standard InChI is InChI=1S/C22H26BFO5/c1-20(2)13-10-15(20)22(5)16(11-13)28-23(29-22)9-8-12-6-7-14(24)17-18(12)26-21(3,4)27-19(17)25/h6-9,13,15-16H,10-11H2,1-5H3/b9-8-/t13-,15-,16+,22-/m0/s1. The van der Waals surface area contributed by atoms with E-state index in [-0.39, 0.29) is 28.4 Å². The molecule has 0 spiro atoms. The molecule has 2 bridgehead atoms. The molecule has 0 N–H and O–H groups in total. The Hall–Kier alpha value is -1.86. The summed E-state index contributed by atoms with van der Waals surface area (Å²) in [6, 6.07) is 2.83. The van der Waals surface area contributed by atoms with E-state index in [1.54, 1.807) is 26.0 Å². The van der Waals surface area contributed by atoms with Gasteiger partial charge in [-0.15, -0.1) is 0 Å². The summed E-state index contributed by atoms with van der Waals surface area (Å²) in [6.45, 7) is 10.0. The fourth-order valence-electron chi connectivity index (χ4n) is 5.71. The van der Waals surface area contributed by atoms with Gasteiger partial charge in [0.15, 0.2) is 0 Å². The maximum atomic E-state index is 14.2. The van der Waals surface area contributed by atoms with E-state index < -0.39 is 24.7 Å². The van der Waals surface area contributed by atoms with Crippen molar-refractivity contribution < 1.29 is 28.0 Å². The van der Waals surface area contributed by atoms with Gasteiger partial charge in [0.1, 0.15) is 17.1 Å². The zero-order valence-corrected chi connectivity index (χ0v) is 17.5. The molecule has 3 aliphatic carbocycles. The van der Waals surface area contributed by atoms with Crippen LogP contribution in [-0.2, 0) is 14.0 Å². The fourth-order valence-corrected chi connectivity index (χ4v) is 5.71. The van der Waals surface area contributed by atoms with Crippen LogP contribution in [0.2, 0.25) is 0 Å². The lowest BCUT2D eigenvalue weighted by Gasteiger charge is -2.64. The highest BCUT2D eigenvalue weighted by Gasteiger charge is 2.67. The molecule has 7 heteroatoms. The van der Waals surface area contributed by atoms with Crippen LogP contribution >= 0.6 is 0 Å². The Morgan fingerprint density at radius 3 is 2.62 bits per heavy atom. The summed E-state index contributed by atoms with van der Waals surface area (Å²) in [4.78, 5) is 12.2. The minimum absolute atomic E-state index is 0.0845. The number of carbonyl (C=O) groups excluding carboxylic acids is 1. The molecule has 5 nitrogen and oxygen atoms in total. The summed E-state index contributed by atoms with van der Waals surface area (Å²) in [5.41, 5.74) is 0.395. The third kappa shape index (κ3) is 2.70. The Balaban J connectivity index is 1.41. The monoisotopic (exact) mass is 400 g/mol. The number of ether oxygens (including phenoxy) is 2. The summed E-state index contributed by atoms with van der Waals surface area (Å²) >= 11 is 0. The van der Waals surface area contributed by atoms with Gasteiger partial charge in [-0.3, -0.25) is 0 Å². The molecule has 1 aromatic carbocycles. The van der Waals surface area contributed by atoms with E-state index >= 15 is 0 Å². The van der Waals surface area contributed by atoms with E-state index in [0.29, 0.717) is 17.4 Å². The second-order valence-electron chi connectivity index (χ2n) is 9.93. The van der Waals surface area contributed by atoms with E-state index in [9.17, 15) is 9.18 Å². The maximum Gasteiger partial charge on any atom is 0.486 e. The van der Waals surface area contributed by atoms with Crippen molar-refractivity contribution in [2.24, 2.45) is 17.3 Å². The third-order valence-electron chi connectivity index (χ3n) is 7.43. The molecule has 4 fully saturated rings. The molecular formula is C22H26BFO5. The van der Waals surface area contributed by atoms with Gasteiger partial charge in [0, 0.05) is 19.4 Å². The summed E-state index contributed by atoms with van der Waals surface area (Å²) in [5.74, 6) is 0.627. The van der Waals surface area contributed by atoms with Gasteiger partial charge in [-0.1, -0.05) is 25.9 Å². The predicted molar refractivity (Wildman–Crippen MR) is 106 cm³/mol. The van der Waals surface area contributed by atoms with Gasteiger partial charge in [0.05, 0.1) is 11.7 Å². The number of rotatable bonds is 2. The van der Waals surface area contributed by atoms with Gasteiger partial charge < -0.3 is 18.8 Å². The molecule has 1 saturated heterocycles. The number of fused-ring (bicyclic) bond motifs is 1. The van der Waals surface area contributed by atoms with Gasteiger partial charge in [0.25, 0.3) is 0 Å². The Morgan fingerprint density at radius 1 is 1.14 bits per heavy atom. The highest BCUT2D eigenvalue weighted by molar-refractivity contribution is 6.52. The average Bonchev–Trinajstić information content (AvgIpc) is 2.95. The van der Waals surface area contributed by atoms with Crippen molar-refractivity contribution in [1.82, 2.24) is 0 Å². The Kier molecular flexibility index (Phi) is 3.86. The minimum Gasteiger partial charge on any atom is -0.451 e. The van der Waals surface area contributed by atoms with E-state index in [0.717, 1.165) is 6.42 Å². The molecule has 2 aliphatic heterocycles. The van der Waals surface area contributed by atoms with Crippen LogP contribution in [0.4, 0.5) is 4.39 Å². The molecular weight excluding hydrogens is 374 g/mol. The van der Waals surface area contributed by atoms with Crippen LogP contribution in [-0.4, -0.2) is 30.6 Å². The van der Waals surface area contributed by atoms with Crippen LogP contribution in [0.5, 0.6) is 5.75 Å². The van der Waals surface area contributed by atoms with Gasteiger partial charge in [-0.25, -0.2) is 9.18 Å². The number of cyclic esters (lactones) is 1. The van der Waals surface area contributed by atoms with Crippen LogP contribution in [0.25, 0.3) is 6.08 Å². The first-order valence-electron chi connectivity index (χ1n) is 10.3. The van der Waals surface area contributed by atoms with Gasteiger partial charge >= 0.3 is 13.1 Å². The molecule has 0 amide bonds. The molecule has 5 aliphatic rings. The SMILES string of the molecule is CC1(C)OC(=O)c2c(F)ccc(/C=C\B3O[C@@H]4C[C@@H]5C[C@@H](C5(C)C)[C@]4(C)O3)c2O1. The Morgan fingerprint density at radius 2 is 1.90 bits per heavy atom. The first-order chi connectivity index (χ1) is 13.5. The van der Waals surface area contributed by atoms with Crippen molar-refractivity contribution in [3.05, 3.63) is 35.1 Å². The number of esters is 1. The van der Waals surface area contributed by atoms with E-state index in [2.05, 4.69) is 20.8 Å². The second-order valence-corrected chi connectivity index (χ2v) is 9.93. The van der Waals surface area contributed by atoms with Crippen LogP contribution in [0.1, 0.15) is 63.4 Å². The first kappa shape index (κ1) is 19.1. The molecule has 3 saturated carbocycles. The molecule has 0 aromatic heterocycles. The van der Waals surface area contributed by atoms with E-state index in [4.69, 9.17) is 18.8 Å². The van der Waals surface area contributed by atoms with Gasteiger partial charge in [-0.05, 0) is 49.1 Å². The van der Waals surface area contributed by atoms with Crippen LogP contribution in [0.15, 0.2) is 18.1 Å². The zero-order chi connectivity index (χ0) is 20.8. The van der Waals surface area contributed by atoms with Gasteiger partial charge in [0.2, 0.25) is 5.79 Å². The lowest BCUT2D eigenvalue weighted by Crippen LogP contribution is -2.65. The van der Waals surface area contributed by atoms with E-state index in [1.165, 1.54) is 12.5 Å². The number of benzene rings is 1. The van der Waals surface area contributed by atoms with Crippen molar-refractivity contribution in [3.8, 4) is 5.75 Å². The number of carbonyl (C=O) groups is 1. The highest BCUT2D eigenvalue weighted by atomic mass is 19.1. The third-order valence-corrected chi connectivity index (χ3v) is 7.43. The number of halogens is 1. The van der Waals surface area contributed by atoms with Crippen molar-refractivity contribution in [2.45, 2.75) is 65.0 Å². The average molecular weight is 400 g/mol. The van der Waals surface area contributed by atoms with Crippen molar-refractivity contribution in [3.63, 3.8) is 0 Å². The number of hydrogen-bond donors (Lipinski definition) is 0. The molecule has 0 unspecified atom stereocenters. The van der Waals surface area contributed by atoms with E-state index in [1.807, 2.05) is 5.98 Å². The van der Waals surface area contributed by atoms with Crippen molar-refractivity contribution >= 4 is 19.2 Å². The summed E-state index contributed by atoms with van der Waals surface area (Å²) in [6.07, 6.45) is 4.06. The molecule has 29 heavy (non-hydrogen) atoms. The lowest BCUT2D eigenvalue weighted by atomic mass is 9.43. The first-order valence-corrected chi connectivity index (χ1v) is 10.3. The van der Waals surface area contributed by atoms with Gasteiger partial charge in [-0.2, -0.15) is 0 Å². The summed E-state index contributed by atoms with van der Waals surface area (Å²) < 4.78 is 37.7. The summed E-state index contributed by atoms with van der Waals surface area (Å²) in [5, 5.41) is 0. The lowest BCUT2D eigenvalue weighted by molar-refractivity contribution is -0.199. The van der Waals surface area contributed by atoms with Crippen LogP contribution in [0.3, 0.4) is 0 Å². The Labute approximate surface area is 170 Å². The maximum absolute atomic E-state index is 14.2. The number of hydrogen-bond acceptors (Lipinski definition) is 5. The second kappa shape index (κ2) is 5.85.